The number of carbonyl (C=O) groups excluding carboxylic acids is 1. The lowest BCUT2D eigenvalue weighted by Gasteiger charge is -2.34. The number of nitrogens with zero attached hydrogens (tertiary/aromatic N) is 5. The summed E-state index contributed by atoms with van der Waals surface area (Å²) in [6.07, 6.45) is 0.0229. The zero-order valence-electron chi connectivity index (χ0n) is 14.5. The predicted molar refractivity (Wildman–Crippen MR) is 90.8 cm³/mol. The van der Waals surface area contributed by atoms with E-state index in [4.69, 9.17) is 5.11 Å². The number of tetrazole rings is 1. The van der Waals surface area contributed by atoms with Crippen LogP contribution in [0.25, 0.3) is 11.4 Å². The number of benzene rings is 1. The van der Waals surface area contributed by atoms with Crippen LogP contribution < -0.4 is 0 Å². The maximum absolute atomic E-state index is 12.9. The van der Waals surface area contributed by atoms with Crippen molar-refractivity contribution in [2.24, 2.45) is 5.92 Å². The summed E-state index contributed by atoms with van der Waals surface area (Å²) in [6.45, 7) is 0.741. The summed E-state index contributed by atoms with van der Waals surface area (Å²) >= 11 is 0. The molecule has 2 heterocycles. The number of aliphatic hydroxyl groups is 1. The topological polar surface area (TPSA) is 121 Å². The lowest BCUT2D eigenvalue weighted by Crippen LogP contribution is -2.48. The summed E-state index contributed by atoms with van der Waals surface area (Å²) < 4.78 is 12.9. The van der Waals surface area contributed by atoms with Crippen LogP contribution in [0.3, 0.4) is 0 Å². The summed E-state index contributed by atoms with van der Waals surface area (Å²) in [5.41, 5.74) is 0.644. The van der Waals surface area contributed by atoms with Crippen LogP contribution in [0.4, 0.5) is 4.39 Å². The number of carboxylic acids is 1. The Bertz CT molecular complexity index is 810. The number of rotatable bonds is 6. The zero-order chi connectivity index (χ0) is 19.4. The van der Waals surface area contributed by atoms with Crippen LogP contribution in [0.5, 0.6) is 0 Å². The molecule has 0 spiro atoms. The van der Waals surface area contributed by atoms with Crippen molar-refractivity contribution in [3.8, 4) is 11.4 Å². The average Bonchev–Trinajstić information content (AvgIpc) is 3.11. The highest BCUT2D eigenvalue weighted by Crippen LogP contribution is 2.19. The number of aliphatic carboxylic acids is 1. The molecule has 1 aliphatic rings. The van der Waals surface area contributed by atoms with Gasteiger partial charge in [0.1, 0.15) is 11.7 Å². The summed E-state index contributed by atoms with van der Waals surface area (Å²) in [5.74, 6) is -2.18. The molecular weight excluding hydrogens is 357 g/mol. The van der Waals surface area contributed by atoms with E-state index >= 15 is 0 Å². The molecule has 2 aromatic rings. The summed E-state index contributed by atoms with van der Waals surface area (Å²) in [7, 11) is 0. The van der Waals surface area contributed by atoms with E-state index in [1.54, 1.807) is 12.1 Å². The standard InChI is InChI=1S/C17H20FN5O4/c18-12-5-3-11(4-6-12)16-19-21-23(20-16)8-1-2-15(25)22-9-7-14(24)13(10-22)17(26)27/h3-6,13-14,24H,1-2,7-10H2,(H,26,27)/t13-,14+/m1/s1. The Hall–Kier alpha value is -2.88. The molecule has 0 saturated carbocycles. The van der Waals surface area contributed by atoms with Crippen molar-refractivity contribution >= 4 is 11.9 Å². The fourth-order valence-corrected chi connectivity index (χ4v) is 2.99. The van der Waals surface area contributed by atoms with Gasteiger partial charge in [0, 0.05) is 25.1 Å². The number of halogens is 1. The smallest absolute Gasteiger partial charge is 0.310 e. The zero-order valence-corrected chi connectivity index (χ0v) is 14.5. The van der Waals surface area contributed by atoms with Crippen molar-refractivity contribution in [1.82, 2.24) is 25.1 Å². The van der Waals surface area contributed by atoms with Gasteiger partial charge >= 0.3 is 5.97 Å². The molecule has 1 aliphatic heterocycles. The number of aromatic nitrogens is 4. The molecule has 3 rings (SSSR count). The van der Waals surface area contributed by atoms with Crippen LogP contribution in [0.15, 0.2) is 24.3 Å². The van der Waals surface area contributed by atoms with E-state index in [2.05, 4.69) is 15.4 Å². The molecule has 9 nitrogen and oxygen atoms in total. The van der Waals surface area contributed by atoms with E-state index < -0.39 is 18.0 Å². The van der Waals surface area contributed by atoms with Gasteiger partial charge in [-0.05, 0) is 42.3 Å². The first-order chi connectivity index (χ1) is 12.9. The average molecular weight is 377 g/mol. The van der Waals surface area contributed by atoms with Crippen molar-refractivity contribution in [1.29, 1.82) is 0 Å². The Kier molecular flexibility index (Phi) is 5.75. The highest BCUT2D eigenvalue weighted by molar-refractivity contribution is 5.78. The molecule has 1 saturated heterocycles. The van der Waals surface area contributed by atoms with Crippen molar-refractivity contribution in [3.05, 3.63) is 30.1 Å². The van der Waals surface area contributed by atoms with Gasteiger partial charge in [-0.2, -0.15) is 4.80 Å². The second-order valence-corrected chi connectivity index (χ2v) is 6.46. The number of likely N-dealkylation sites (tertiary alicyclic amines) is 1. The van der Waals surface area contributed by atoms with Gasteiger partial charge in [-0.25, -0.2) is 4.39 Å². The number of carbonyl (C=O) groups is 2. The first kappa shape index (κ1) is 18.9. The van der Waals surface area contributed by atoms with Gasteiger partial charge in [-0.1, -0.05) is 0 Å². The van der Waals surface area contributed by atoms with Crippen LogP contribution in [0.2, 0.25) is 0 Å². The predicted octanol–water partition coefficient (Wildman–Crippen LogP) is 0.553. The molecule has 1 amide bonds. The highest BCUT2D eigenvalue weighted by Gasteiger charge is 2.34. The number of amides is 1. The molecule has 0 unspecified atom stereocenters. The van der Waals surface area contributed by atoms with Gasteiger partial charge in [0.2, 0.25) is 11.7 Å². The normalized spacial score (nSPS) is 19.9. The third kappa shape index (κ3) is 4.64. The van der Waals surface area contributed by atoms with Crippen LogP contribution in [0, 0.1) is 11.7 Å². The number of carboxylic acid groups (broad SMARTS) is 1. The van der Waals surface area contributed by atoms with Gasteiger partial charge in [-0.15, -0.1) is 10.2 Å². The van der Waals surface area contributed by atoms with Crippen LogP contribution >= 0.6 is 0 Å². The molecule has 2 atom stereocenters. The third-order valence-corrected chi connectivity index (χ3v) is 4.55. The molecule has 1 aromatic heterocycles. The fraction of sp³-hybridized carbons (Fsp3) is 0.471. The quantitative estimate of drug-likeness (QED) is 0.754. The Morgan fingerprint density at radius 1 is 1.26 bits per heavy atom. The Balaban J connectivity index is 1.49. The number of aryl methyl sites for hydroxylation is 1. The highest BCUT2D eigenvalue weighted by atomic mass is 19.1. The minimum Gasteiger partial charge on any atom is -0.481 e. The van der Waals surface area contributed by atoms with Crippen molar-refractivity contribution < 1.29 is 24.2 Å². The van der Waals surface area contributed by atoms with Crippen molar-refractivity contribution in [2.75, 3.05) is 13.1 Å². The van der Waals surface area contributed by atoms with Gasteiger partial charge in [-0.3, -0.25) is 9.59 Å². The van der Waals surface area contributed by atoms with Crippen molar-refractivity contribution in [2.45, 2.75) is 31.9 Å². The first-order valence-corrected chi connectivity index (χ1v) is 8.66. The molecule has 10 heteroatoms. The third-order valence-electron chi connectivity index (χ3n) is 4.55. The lowest BCUT2D eigenvalue weighted by molar-refractivity contribution is -0.151. The summed E-state index contributed by atoms with van der Waals surface area (Å²) in [6, 6.07) is 5.75. The molecule has 27 heavy (non-hydrogen) atoms. The molecule has 0 radical (unpaired) electrons. The van der Waals surface area contributed by atoms with E-state index in [9.17, 15) is 19.1 Å². The van der Waals surface area contributed by atoms with E-state index in [-0.39, 0.29) is 31.1 Å². The maximum atomic E-state index is 12.9. The minimum atomic E-state index is -1.10. The van der Waals surface area contributed by atoms with Crippen LogP contribution in [-0.2, 0) is 16.1 Å². The van der Waals surface area contributed by atoms with Crippen LogP contribution in [0.1, 0.15) is 19.3 Å². The molecule has 144 valence electrons. The Labute approximate surface area is 154 Å². The van der Waals surface area contributed by atoms with Crippen molar-refractivity contribution in [3.63, 3.8) is 0 Å². The minimum absolute atomic E-state index is 0.0195. The van der Waals surface area contributed by atoms with Gasteiger partial charge in [0.25, 0.3) is 0 Å². The summed E-state index contributed by atoms with van der Waals surface area (Å²) in [4.78, 5) is 26.2. The lowest BCUT2D eigenvalue weighted by atomic mass is 9.94. The molecule has 0 aliphatic carbocycles. The van der Waals surface area contributed by atoms with E-state index in [0.29, 0.717) is 30.9 Å². The molecule has 1 aromatic carbocycles. The largest absolute Gasteiger partial charge is 0.481 e. The van der Waals surface area contributed by atoms with E-state index in [1.165, 1.54) is 21.8 Å². The summed E-state index contributed by atoms with van der Waals surface area (Å²) in [5, 5.41) is 30.8. The van der Waals surface area contributed by atoms with E-state index in [0.717, 1.165) is 0 Å². The molecule has 2 N–H and O–H groups in total. The number of piperidine rings is 1. The number of hydrogen-bond donors (Lipinski definition) is 2. The molecular formula is C17H20FN5O4. The second kappa shape index (κ2) is 8.21. The number of aliphatic hydroxyl groups excluding tert-OH is 1. The molecule has 0 bridgehead atoms. The molecule has 1 fully saturated rings. The SMILES string of the molecule is O=C(O)[C@@H]1CN(C(=O)CCCn2nnc(-c3ccc(F)cc3)n2)CC[C@@H]1O. The van der Waals surface area contributed by atoms with E-state index in [1.807, 2.05) is 0 Å². The monoisotopic (exact) mass is 377 g/mol. The maximum Gasteiger partial charge on any atom is 0.310 e. The Morgan fingerprint density at radius 3 is 2.70 bits per heavy atom. The first-order valence-electron chi connectivity index (χ1n) is 8.66. The Morgan fingerprint density at radius 2 is 2.00 bits per heavy atom. The fourth-order valence-electron chi connectivity index (χ4n) is 2.99. The second-order valence-electron chi connectivity index (χ2n) is 6.46. The van der Waals surface area contributed by atoms with Gasteiger partial charge in [0.15, 0.2) is 0 Å². The van der Waals surface area contributed by atoms with Gasteiger partial charge in [0.05, 0.1) is 12.6 Å². The van der Waals surface area contributed by atoms with Gasteiger partial charge < -0.3 is 15.1 Å². The number of hydrogen-bond acceptors (Lipinski definition) is 6. The van der Waals surface area contributed by atoms with Crippen LogP contribution in [-0.4, -0.2) is 66.4 Å².